The van der Waals surface area contributed by atoms with Crippen LogP contribution < -0.4 is 10.8 Å². The van der Waals surface area contributed by atoms with E-state index in [-0.39, 0.29) is 0 Å². The molecule has 1 aromatic rings. The Morgan fingerprint density at radius 1 is 1.88 bits per heavy atom. The minimum Gasteiger partial charge on any atom is -0.370 e. The molecule has 0 atom stereocenters. The number of nitrogen functional groups attached to an aromatic ring is 1. The van der Waals surface area contributed by atoms with Crippen molar-refractivity contribution in [3.05, 3.63) is 0 Å². The van der Waals surface area contributed by atoms with Crippen molar-refractivity contribution in [2.45, 2.75) is 4.34 Å². The molecule has 0 saturated carbocycles. The predicted octanol–water partition coefficient (Wildman–Crippen LogP) is 0.261. The number of thioether (sulfide) groups is 1. The fourth-order valence-corrected chi connectivity index (χ4v) is 1.43. The third kappa shape index (κ3) is 1.10. The van der Waals surface area contributed by atoms with Gasteiger partial charge in [-0.3, -0.25) is 0 Å². The number of aromatic amines is 1. The molecule has 0 unspecified atom stereocenters. The van der Waals surface area contributed by atoms with E-state index in [4.69, 9.17) is 5.73 Å². The Kier molecular flexibility index (Phi) is 1.69. The lowest BCUT2D eigenvalue weighted by Gasteiger charge is -1.68. The Balaban J connectivity index is 2.84. The summed E-state index contributed by atoms with van der Waals surface area (Å²) in [6.07, 6.45) is 1.98. The van der Waals surface area contributed by atoms with Gasteiger partial charge in [0.05, 0.1) is 0 Å². The second-order valence-electron chi connectivity index (χ2n) is 1.16. The Morgan fingerprint density at radius 2 is 2.62 bits per heavy atom. The van der Waals surface area contributed by atoms with E-state index in [1.54, 1.807) is 11.8 Å². The van der Waals surface area contributed by atoms with Gasteiger partial charge in [-0.25, -0.2) is 0 Å². The van der Waals surface area contributed by atoms with E-state index in [1.807, 2.05) is 6.26 Å². The number of rotatable bonds is 1. The second kappa shape index (κ2) is 2.32. The van der Waals surface area contributed by atoms with Crippen LogP contribution in [0.15, 0.2) is 4.34 Å². The highest BCUT2D eigenvalue weighted by Crippen LogP contribution is 2.16. The summed E-state index contributed by atoms with van der Waals surface area (Å²) in [4.78, 5) is 0. The highest BCUT2D eigenvalue weighted by molar-refractivity contribution is 8.00. The van der Waals surface area contributed by atoms with E-state index in [2.05, 4.69) is 10.2 Å². The molecule has 0 spiro atoms. The molecule has 0 aliphatic rings. The quantitative estimate of drug-likeness (QED) is 0.581. The molecule has 1 rings (SSSR count). The first kappa shape index (κ1) is 5.84. The van der Waals surface area contributed by atoms with Gasteiger partial charge in [-0.1, -0.05) is 5.10 Å². The number of H-pyrrole nitrogens is 1. The molecule has 0 aliphatic carbocycles. The Bertz CT molecular complexity index is 173. The largest absolute Gasteiger partial charge is 0.370 e. The van der Waals surface area contributed by atoms with Crippen LogP contribution in [-0.2, 0) is 0 Å². The summed E-state index contributed by atoms with van der Waals surface area (Å²) in [5.74, 6) is 0. The van der Waals surface area contributed by atoms with E-state index >= 15 is 0 Å². The number of anilines is 1. The highest BCUT2D eigenvalue weighted by atomic mass is 32.2. The van der Waals surface area contributed by atoms with E-state index in [1.165, 1.54) is 11.3 Å². The number of nitrogens with zero attached hydrogens (tertiary/aromatic N) is 1. The first-order valence-corrected chi connectivity index (χ1v) is 4.05. The van der Waals surface area contributed by atoms with Gasteiger partial charge in [0.25, 0.3) is 5.13 Å². The summed E-state index contributed by atoms with van der Waals surface area (Å²) in [5, 5.41) is 7.09. The van der Waals surface area contributed by atoms with Crippen molar-refractivity contribution in [3.63, 3.8) is 0 Å². The third-order valence-corrected chi connectivity index (χ3v) is 2.43. The van der Waals surface area contributed by atoms with Crippen LogP contribution in [0.4, 0.5) is 5.13 Å². The molecule has 1 aromatic heterocycles. The topological polar surface area (TPSA) is 53.0 Å². The second-order valence-corrected chi connectivity index (χ2v) is 3.26. The molecule has 0 aliphatic heterocycles. The van der Waals surface area contributed by atoms with Gasteiger partial charge >= 0.3 is 4.34 Å². The summed E-state index contributed by atoms with van der Waals surface area (Å²) >= 11 is 3.07. The van der Waals surface area contributed by atoms with Crippen molar-refractivity contribution in [2.75, 3.05) is 12.0 Å². The molecule has 0 fully saturated rings. The molecule has 1 heterocycles. The Morgan fingerprint density at radius 3 is 2.88 bits per heavy atom. The lowest BCUT2D eigenvalue weighted by atomic mass is 11.3. The molecular weight excluding hydrogens is 142 g/mol. The van der Waals surface area contributed by atoms with E-state index in [0.717, 1.165) is 4.34 Å². The van der Waals surface area contributed by atoms with Gasteiger partial charge in [0.2, 0.25) is 0 Å². The van der Waals surface area contributed by atoms with Gasteiger partial charge in [-0.05, 0) is 29.4 Å². The van der Waals surface area contributed by atoms with Crippen molar-refractivity contribution in [1.29, 1.82) is 0 Å². The molecule has 0 amide bonds. The minimum absolute atomic E-state index is 0.592. The average Bonchev–Trinajstić information content (AvgIpc) is 2.14. The van der Waals surface area contributed by atoms with Gasteiger partial charge in [0.15, 0.2) is 0 Å². The van der Waals surface area contributed by atoms with Crippen molar-refractivity contribution in [1.82, 2.24) is 5.10 Å². The molecule has 0 radical (unpaired) electrons. The third-order valence-electron chi connectivity index (χ3n) is 0.640. The smallest absolute Gasteiger partial charge is 0.323 e. The predicted molar refractivity (Wildman–Crippen MR) is 34.9 cm³/mol. The maximum atomic E-state index is 5.32. The maximum Gasteiger partial charge on any atom is 0.323 e. The van der Waals surface area contributed by atoms with Crippen molar-refractivity contribution < 1.29 is 5.10 Å². The van der Waals surface area contributed by atoms with Crippen molar-refractivity contribution >= 4 is 28.2 Å². The molecule has 0 aromatic carbocycles. The van der Waals surface area contributed by atoms with Crippen LogP contribution >= 0.6 is 23.1 Å². The summed E-state index contributed by atoms with van der Waals surface area (Å²) in [7, 11) is 0. The van der Waals surface area contributed by atoms with E-state index < -0.39 is 0 Å². The molecule has 3 N–H and O–H groups in total. The van der Waals surface area contributed by atoms with Gasteiger partial charge in [0, 0.05) is 5.10 Å². The van der Waals surface area contributed by atoms with E-state index in [0.29, 0.717) is 5.13 Å². The van der Waals surface area contributed by atoms with Crippen LogP contribution in [0.2, 0.25) is 0 Å². The van der Waals surface area contributed by atoms with Crippen molar-refractivity contribution in [3.8, 4) is 0 Å². The average molecular weight is 148 g/mol. The molecule has 5 heteroatoms. The normalized spacial score (nSPS) is 9.62. The van der Waals surface area contributed by atoms with Crippen LogP contribution in [0, 0.1) is 0 Å². The summed E-state index contributed by atoms with van der Waals surface area (Å²) in [6.45, 7) is 0. The monoisotopic (exact) mass is 148 g/mol. The molecule has 8 heavy (non-hydrogen) atoms. The SMILES string of the molecule is CSc1[nH+]nc(N)s1. The number of hydrogen-bond acceptors (Lipinski definition) is 4. The molecule has 44 valence electrons. The number of hydrogen-bond donors (Lipinski definition) is 1. The summed E-state index contributed by atoms with van der Waals surface area (Å²) in [5.41, 5.74) is 5.32. The molecule has 3 nitrogen and oxygen atoms in total. The van der Waals surface area contributed by atoms with Gasteiger partial charge in [-0.2, -0.15) is 0 Å². The fraction of sp³-hybridized carbons (Fsp3) is 0.333. The van der Waals surface area contributed by atoms with Crippen LogP contribution in [0.25, 0.3) is 0 Å². The summed E-state index contributed by atoms with van der Waals surface area (Å²) < 4.78 is 1.04. The number of nitrogens with two attached hydrogens (primary N) is 1. The van der Waals surface area contributed by atoms with Gasteiger partial charge in [0.1, 0.15) is 0 Å². The Labute approximate surface area is 55.3 Å². The zero-order valence-electron chi connectivity index (χ0n) is 4.34. The number of aromatic nitrogens is 2. The van der Waals surface area contributed by atoms with Crippen LogP contribution in [0.5, 0.6) is 0 Å². The first-order chi connectivity index (χ1) is 3.83. The zero-order valence-corrected chi connectivity index (χ0v) is 5.97. The van der Waals surface area contributed by atoms with Crippen molar-refractivity contribution in [2.24, 2.45) is 0 Å². The zero-order chi connectivity index (χ0) is 5.98. The standard InChI is InChI=1S/C3H5N3S2/c1-7-3-6-5-2(4)8-3/h1H3,(H2,4,5)/p+1. The fourth-order valence-electron chi connectivity index (χ4n) is 0.329. The lowest BCUT2D eigenvalue weighted by molar-refractivity contribution is -0.487. The van der Waals surface area contributed by atoms with E-state index in [9.17, 15) is 0 Å². The van der Waals surface area contributed by atoms with Crippen LogP contribution in [-0.4, -0.2) is 11.4 Å². The maximum absolute atomic E-state index is 5.32. The molecule has 0 saturated heterocycles. The highest BCUT2D eigenvalue weighted by Gasteiger charge is 2.03. The van der Waals surface area contributed by atoms with Gasteiger partial charge in [-0.15, -0.1) is 0 Å². The number of nitrogens with one attached hydrogen (secondary N) is 1. The minimum atomic E-state index is 0.592. The lowest BCUT2D eigenvalue weighted by Crippen LogP contribution is -2.03. The first-order valence-electron chi connectivity index (χ1n) is 2.01. The molecular formula is C3H6N3S2+. The van der Waals surface area contributed by atoms with Crippen LogP contribution in [0.3, 0.4) is 0 Å². The summed E-state index contributed by atoms with van der Waals surface area (Å²) in [6, 6.07) is 0. The van der Waals surface area contributed by atoms with Gasteiger partial charge < -0.3 is 5.73 Å². The molecule has 0 bridgehead atoms. The van der Waals surface area contributed by atoms with Crippen LogP contribution in [0.1, 0.15) is 0 Å². The Hall–Kier alpha value is -0.290.